The minimum Gasteiger partial charge on any atom is -0.453 e. The third-order valence-corrected chi connectivity index (χ3v) is 7.25. The number of hydrogen-bond acceptors (Lipinski definition) is 7. The molecule has 2 heterocycles. The summed E-state index contributed by atoms with van der Waals surface area (Å²) in [6.07, 6.45) is 2.78. The number of nitrogens with two attached hydrogens (primary N) is 1. The number of aromatic nitrogens is 1. The number of rotatable bonds is 6. The average Bonchev–Trinajstić information content (AvgIpc) is 3.43. The predicted octanol–water partition coefficient (Wildman–Crippen LogP) is 5.80. The minimum absolute atomic E-state index is 0.0351. The van der Waals surface area contributed by atoms with Gasteiger partial charge in [0.1, 0.15) is 11.9 Å². The number of nitrogens with zero attached hydrogens (tertiary/aromatic N) is 2. The molecule has 1 fully saturated rings. The van der Waals surface area contributed by atoms with Gasteiger partial charge in [-0.1, -0.05) is 30.3 Å². The topological polar surface area (TPSA) is 110 Å². The second-order valence-electron chi connectivity index (χ2n) is 9.20. The van der Waals surface area contributed by atoms with Crippen molar-refractivity contribution < 1.29 is 14.3 Å². The molecule has 9 heteroatoms. The van der Waals surface area contributed by atoms with Crippen LogP contribution < -0.4 is 16.4 Å². The molecule has 3 aromatic carbocycles. The van der Waals surface area contributed by atoms with E-state index in [0.29, 0.717) is 18.1 Å². The Hall–Kier alpha value is -4.24. The van der Waals surface area contributed by atoms with Crippen LogP contribution in [0, 0.1) is 0 Å². The van der Waals surface area contributed by atoms with E-state index in [2.05, 4.69) is 28.2 Å². The van der Waals surface area contributed by atoms with Gasteiger partial charge in [0.2, 0.25) is 5.91 Å². The lowest BCUT2D eigenvalue weighted by atomic mass is 10.0. The van der Waals surface area contributed by atoms with E-state index in [1.165, 1.54) is 7.11 Å². The number of likely N-dealkylation sites (tertiary alicyclic amines) is 1. The number of benzene rings is 3. The van der Waals surface area contributed by atoms with Gasteiger partial charge in [-0.05, 0) is 71.8 Å². The van der Waals surface area contributed by atoms with Crippen LogP contribution in [0.15, 0.2) is 83.9 Å². The number of methoxy groups -OCH3 is 1. The van der Waals surface area contributed by atoms with Gasteiger partial charge in [0, 0.05) is 34.4 Å². The summed E-state index contributed by atoms with van der Waals surface area (Å²) in [4.78, 5) is 32.8. The second-order valence-corrected chi connectivity index (χ2v) is 9.68. The van der Waals surface area contributed by atoms with Crippen LogP contribution in [0.4, 0.5) is 22.0 Å². The first kappa shape index (κ1) is 25.4. The van der Waals surface area contributed by atoms with Crippen LogP contribution in [-0.4, -0.2) is 35.5 Å². The Morgan fingerprint density at radius 2 is 1.87 bits per heavy atom. The van der Waals surface area contributed by atoms with Crippen molar-refractivity contribution in [1.29, 1.82) is 0 Å². The first-order chi connectivity index (χ1) is 18.4. The molecule has 1 saturated heterocycles. The molecule has 0 unspecified atom stereocenters. The summed E-state index contributed by atoms with van der Waals surface area (Å²) < 4.78 is 4.73. The van der Waals surface area contributed by atoms with Crippen LogP contribution in [0.5, 0.6) is 0 Å². The number of hydrogen-bond donors (Lipinski definition) is 4. The Bertz CT molecular complexity index is 1480. The van der Waals surface area contributed by atoms with E-state index in [9.17, 15) is 9.59 Å². The van der Waals surface area contributed by atoms with E-state index in [4.69, 9.17) is 10.5 Å². The third-order valence-electron chi connectivity index (χ3n) is 6.84. The largest absolute Gasteiger partial charge is 0.453 e. The molecule has 0 bridgehead atoms. The standard InChI is InChI=1S/C29H29N5O3S/c1-37-29(36)33-21-10-12-25(38)23(17-21)24-8-5-15-34(24)28(35)26(18-6-3-2-4-7-18)32-20-9-11-22-19(16-20)13-14-31-27(22)30/h2-4,6-7,9-14,16-17,24,26,32,38H,5,8,15H2,1H3,(H2,30,31)(H,33,36)/t24-,26+/m1/s1. The van der Waals surface area contributed by atoms with Gasteiger partial charge in [0.15, 0.2) is 0 Å². The van der Waals surface area contributed by atoms with Crippen LogP contribution >= 0.6 is 12.6 Å². The van der Waals surface area contributed by atoms with E-state index in [1.807, 2.05) is 71.6 Å². The van der Waals surface area contributed by atoms with Crippen LogP contribution in [-0.2, 0) is 9.53 Å². The highest BCUT2D eigenvalue weighted by molar-refractivity contribution is 7.80. The lowest BCUT2D eigenvalue weighted by Crippen LogP contribution is -2.37. The van der Waals surface area contributed by atoms with Gasteiger partial charge in [-0.25, -0.2) is 9.78 Å². The highest BCUT2D eigenvalue weighted by atomic mass is 32.1. The number of fused-ring (bicyclic) bond motifs is 1. The summed E-state index contributed by atoms with van der Waals surface area (Å²) in [6, 6.07) is 22.1. The highest BCUT2D eigenvalue weighted by Gasteiger charge is 2.35. The first-order valence-corrected chi connectivity index (χ1v) is 12.8. The quantitative estimate of drug-likeness (QED) is 0.236. The zero-order valence-electron chi connectivity index (χ0n) is 20.9. The molecule has 4 N–H and O–H groups in total. The Balaban J connectivity index is 1.47. The molecule has 2 amide bonds. The number of thiol groups is 1. The van der Waals surface area contributed by atoms with Crippen molar-refractivity contribution in [3.05, 3.63) is 90.1 Å². The van der Waals surface area contributed by atoms with Gasteiger partial charge in [0.25, 0.3) is 0 Å². The van der Waals surface area contributed by atoms with Crippen molar-refractivity contribution in [2.45, 2.75) is 29.8 Å². The smallest absolute Gasteiger partial charge is 0.411 e. The lowest BCUT2D eigenvalue weighted by molar-refractivity contribution is -0.133. The van der Waals surface area contributed by atoms with Crippen LogP contribution in [0.1, 0.15) is 36.1 Å². The van der Waals surface area contributed by atoms with Crippen LogP contribution in [0.3, 0.4) is 0 Å². The molecular weight excluding hydrogens is 498 g/mol. The molecule has 1 aliphatic heterocycles. The highest BCUT2D eigenvalue weighted by Crippen LogP contribution is 2.39. The summed E-state index contributed by atoms with van der Waals surface area (Å²) in [5.41, 5.74) is 9.17. The minimum atomic E-state index is -0.604. The predicted molar refractivity (Wildman–Crippen MR) is 152 cm³/mol. The molecule has 0 radical (unpaired) electrons. The molecule has 0 aliphatic carbocycles. The Kier molecular flexibility index (Phi) is 7.37. The van der Waals surface area contributed by atoms with Crippen molar-refractivity contribution in [1.82, 2.24) is 9.88 Å². The maximum absolute atomic E-state index is 14.2. The van der Waals surface area contributed by atoms with E-state index >= 15 is 0 Å². The second kappa shape index (κ2) is 11.0. The Morgan fingerprint density at radius 1 is 1.08 bits per heavy atom. The maximum Gasteiger partial charge on any atom is 0.411 e. The fraction of sp³-hybridized carbons (Fsp3) is 0.207. The Morgan fingerprint density at radius 3 is 2.66 bits per heavy atom. The maximum atomic E-state index is 14.2. The van der Waals surface area contributed by atoms with Gasteiger partial charge < -0.3 is 20.7 Å². The monoisotopic (exact) mass is 527 g/mol. The summed E-state index contributed by atoms with van der Waals surface area (Å²) in [5, 5.41) is 7.98. The van der Waals surface area contributed by atoms with Gasteiger partial charge in [-0.3, -0.25) is 10.1 Å². The third kappa shape index (κ3) is 5.24. The summed E-state index contributed by atoms with van der Waals surface area (Å²) in [5.74, 6) is 0.434. The fourth-order valence-electron chi connectivity index (χ4n) is 4.98. The number of nitrogens with one attached hydrogen (secondary N) is 2. The number of pyridine rings is 1. The number of carbonyl (C=O) groups excluding carboxylic acids is 2. The SMILES string of the molecule is COC(=O)Nc1ccc(S)c([C@H]2CCCN2C(=O)[C@@H](Nc2ccc3c(N)nccc3c2)c2ccccc2)c1. The van der Waals surface area contributed by atoms with Gasteiger partial charge in [-0.15, -0.1) is 12.6 Å². The van der Waals surface area contributed by atoms with Crippen molar-refractivity contribution >= 4 is 52.6 Å². The summed E-state index contributed by atoms with van der Waals surface area (Å²) in [7, 11) is 1.32. The van der Waals surface area contributed by atoms with E-state index in [1.54, 1.807) is 12.3 Å². The lowest BCUT2D eigenvalue weighted by Gasteiger charge is -2.31. The molecule has 4 aromatic rings. The number of anilines is 3. The van der Waals surface area contributed by atoms with Gasteiger partial charge >= 0.3 is 6.09 Å². The van der Waals surface area contributed by atoms with E-state index < -0.39 is 12.1 Å². The van der Waals surface area contributed by atoms with Crippen molar-refractivity contribution in [3.8, 4) is 0 Å². The number of carbonyl (C=O) groups is 2. The molecule has 2 atom stereocenters. The van der Waals surface area contributed by atoms with Crippen molar-refractivity contribution in [3.63, 3.8) is 0 Å². The molecule has 5 rings (SSSR count). The van der Waals surface area contributed by atoms with Gasteiger partial charge in [0.05, 0.1) is 13.2 Å². The number of amides is 2. The zero-order valence-corrected chi connectivity index (χ0v) is 21.8. The first-order valence-electron chi connectivity index (χ1n) is 12.4. The van der Waals surface area contributed by atoms with Crippen LogP contribution in [0.25, 0.3) is 10.8 Å². The molecular formula is C29H29N5O3S. The van der Waals surface area contributed by atoms with Crippen molar-refractivity contribution in [2.75, 3.05) is 30.0 Å². The summed E-state index contributed by atoms with van der Waals surface area (Å²) in [6.45, 7) is 0.621. The van der Waals surface area contributed by atoms with E-state index in [0.717, 1.165) is 45.3 Å². The normalized spacial score (nSPS) is 15.7. The summed E-state index contributed by atoms with van der Waals surface area (Å²) >= 11 is 4.67. The molecule has 0 spiro atoms. The fourth-order valence-corrected chi connectivity index (χ4v) is 5.27. The van der Waals surface area contributed by atoms with Crippen LogP contribution in [0.2, 0.25) is 0 Å². The molecule has 1 aliphatic rings. The molecule has 0 saturated carbocycles. The Labute approximate surface area is 226 Å². The van der Waals surface area contributed by atoms with Crippen molar-refractivity contribution in [2.24, 2.45) is 0 Å². The average molecular weight is 528 g/mol. The molecule has 38 heavy (non-hydrogen) atoms. The number of ether oxygens (including phenoxy) is 1. The van der Waals surface area contributed by atoms with Gasteiger partial charge in [-0.2, -0.15) is 0 Å². The molecule has 8 nitrogen and oxygen atoms in total. The molecule has 1 aromatic heterocycles. The molecule has 194 valence electrons. The number of nitrogen functional groups attached to an aromatic ring is 1. The zero-order chi connectivity index (χ0) is 26.6. The van der Waals surface area contributed by atoms with E-state index in [-0.39, 0.29) is 11.9 Å².